The van der Waals surface area contributed by atoms with Crippen molar-refractivity contribution in [1.29, 1.82) is 0 Å². The summed E-state index contributed by atoms with van der Waals surface area (Å²) in [6.07, 6.45) is 3.19. The Labute approximate surface area is 113 Å². The monoisotopic (exact) mass is 272 g/mol. The molecule has 2 atom stereocenters. The number of thioether (sulfide) groups is 1. The standard InChI is InChI=1S/C13H24N2O2S/c1-11(9-15-5-2-3-6-15)8-14-12(16)13(17)4-7-18-10-13/h11,17H,2-10H2,1H3,(H,14,16). The number of hydrogen-bond acceptors (Lipinski definition) is 4. The third-order valence-corrected chi connectivity index (χ3v) is 4.98. The molecule has 2 aliphatic heterocycles. The Morgan fingerprint density at radius 1 is 1.50 bits per heavy atom. The topological polar surface area (TPSA) is 52.6 Å². The van der Waals surface area contributed by atoms with Gasteiger partial charge in [-0.2, -0.15) is 11.8 Å². The summed E-state index contributed by atoms with van der Waals surface area (Å²) >= 11 is 1.65. The maximum atomic E-state index is 11.9. The number of amides is 1. The van der Waals surface area contributed by atoms with Crippen molar-refractivity contribution in [3.8, 4) is 0 Å². The van der Waals surface area contributed by atoms with Gasteiger partial charge in [-0.1, -0.05) is 6.92 Å². The molecule has 18 heavy (non-hydrogen) atoms. The predicted octanol–water partition coefficient (Wildman–Crippen LogP) is 0.702. The number of likely N-dealkylation sites (tertiary alicyclic amines) is 1. The van der Waals surface area contributed by atoms with Crippen LogP contribution in [0.1, 0.15) is 26.2 Å². The molecule has 2 unspecified atom stereocenters. The first kappa shape index (κ1) is 14.2. The van der Waals surface area contributed by atoms with E-state index >= 15 is 0 Å². The van der Waals surface area contributed by atoms with Gasteiger partial charge in [0.05, 0.1) is 0 Å². The number of nitrogens with zero attached hydrogens (tertiary/aromatic N) is 1. The van der Waals surface area contributed by atoms with Crippen LogP contribution < -0.4 is 5.32 Å². The number of hydrogen-bond donors (Lipinski definition) is 2. The van der Waals surface area contributed by atoms with Crippen molar-refractivity contribution in [2.75, 3.05) is 37.7 Å². The van der Waals surface area contributed by atoms with Crippen LogP contribution in [0.3, 0.4) is 0 Å². The Kier molecular flexibility index (Phi) is 4.92. The van der Waals surface area contributed by atoms with E-state index in [0.717, 1.165) is 12.3 Å². The van der Waals surface area contributed by atoms with E-state index in [1.807, 2.05) is 0 Å². The van der Waals surface area contributed by atoms with E-state index in [1.165, 1.54) is 25.9 Å². The Morgan fingerprint density at radius 2 is 2.22 bits per heavy atom. The lowest BCUT2D eigenvalue weighted by atomic mass is 10.0. The molecule has 2 fully saturated rings. The van der Waals surface area contributed by atoms with E-state index in [9.17, 15) is 9.90 Å². The summed E-state index contributed by atoms with van der Waals surface area (Å²) in [5.41, 5.74) is -1.11. The first-order chi connectivity index (χ1) is 8.60. The average molecular weight is 272 g/mol. The molecule has 0 aromatic heterocycles. The molecule has 2 heterocycles. The van der Waals surface area contributed by atoms with Crippen molar-refractivity contribution in [3.05, 3.63) is 0 Å². The second-order valence-electron chi connectivity index (χ2n) is 5.66. The fourth-order valence-electron chi connectivity index (χ4n) is 2.64. The number of carbonyl (C=O) groups is 1. The number of nitrogens with one attached hydrogen (secondary N) is 1. The molecular weight excluding hydrogens is 248 g/mol. The highest BCUT2D eigenvalue weighted by Gasteiger charge is 2.39. The lowest BCUT2D eigenvalue weighted by Gasteiger charge is -2.24. The average Bonchev–Trinajstić information content (AvgIpc) is 2.98. The minimum atomic E-state index is -1.11. The van der Waals surface area contributed by atoms with Gasteiger partial charge in [-0.05, 0) is 44.0 Å². The molecule has 2 rings (SSSR count). The molecule has 2 N–H and O–H groups in total. The fourth-order valence-corrected chi connectivity index (χ4v) is 3.87. The van der Waals surface area contributed by atoms with Crippen LogP contribution in [-0.2, 0) is 4.79 Å². The summed E-state index contributed by atoms with van der Waals surface area (Å²) in [5.74, 6) is 1.69. The summed E-state index contributed by atoms with van der Waals surface area (Å²) in [4.78, 5) is 14.4. The zero-order chi connectivity index (χ0) is 13.0. The van der Waals surface area contributed by atoms with E-state index in [2.05, 4.69) is 17.1 Å². The van der Waals surface area contributed by atoms with Gasteiger partial charge in [0.25, 0.3) is 5.91 Å². The van der Waals surface area contributed by atoms with E-state index < -0.39 is 5.60 Å². The van der Waals surface area contributed by atoms with Crippen LogP contribution >= 0.6 is 11.8 Å². The van der Waals surface area contributed by atoms with Crippen LogP contribution in [0.4, 0.5) is 0 Å². The Hall–Kier alpha value is -0.260. The van der Waals surface area contributed by atoms with Gasteiger partial charge >= 0.3 is 0 Å². The van der Waals surface area contributed by atoms with E-state index in [-0.39, 0.29) is 5.91 Å². The molecule has 0 radical (unpaired) electrons. The van der Waals surface area contributed by atoms with E-state index in [4.69, 9.17) is 0 Å². The third kappa shape index (κ3) is 3.62. The van der Waals surface area contributed by atoms with Crippen molar-refractivity contribution in [2.45, 2.75) is 31.8 Å². The highest BCUT2D eigenvalue weighted by molar-refractivity contribution is 7.99. The normalized spacial score (nSPS) is 30.6. The molecule has 0 aromatic carbocycles. The second kappa shape index (κ2) is 6.26. The van der Waals surface area contributed by atoms with Gasteiger partial charge in [-0.15, -0.1) is 0 Å². The molecular formula is C13H24N2O2S. The van der Waals surface area contributed by atoms with Crippen molar-refractivity contribution in [2.24, 2.45) is 5.92 Å². The molecule has 2 aliphatic rings. The number of carbonyl (C=O) groups excluding carboxylic acids is 1. The van der Waals surface area contributed by atoms with Gasteiger partial charge < -0.3 is 15.3 Å². The van der Waals surface area contributed by atoms with Crippen molar-refractivity contribution < 1.29 is 9.90 Å². The molecule has 104 valence electrons. The van der Waals surface area contributed by atoms with Crippen LogP contribution in [0.25, 0.3) is 0 Å². The highest BCUT2D eigenvalue weighted by Crippen LogP contribution is 2.27. The first-order valence-electron chi connectivity index (χ1n) is 6.91. The predicted molar refractivity (Wildman–Crippen MR) is 74.7 cm³/mol. The maximum Gasteiger partial charge on any atom is 0.252 e. The molecule has 0 aromatic rings. The highest BCUT2D eigenvalue weighted by atomic mass is 32.2. The summed E-state index contributed by atoms with van der Waals surface area (Å²) in [5, 5.41) is 13.0. The fraction of sp³-hybridized carbons (Fsp3) is 0.923. The van der Waals surface area contributed by atoms with Crippen LogP contribution in [0.2, 0.25) is 0 Å². The lowest BCUT2D eigenvalue weighted by Crippen LogP contribution is -2.48. The summed E-state index contributed by atoms with van der Waals surface area (Å²) in [7, 11) is 0. The summed E-state index contributed by atoms with van der Waals surface area (Å²) in [6, 6.07) is 0. The summed E-state index contributed by atoms with van der Waals surface area (Å²) in [6.45, 7) is 6.26. The largest absolute Gasteiger partial charge is 0.379 e. The number of rotatable bonds is 5. The van der Waals surface area contributed by atoms with Crippen LogP contribution in [0, 0.1) is 5.92 Å². The van der Waals surface area contributed by atoms with Gasteiger partial charge in [-0.3, -0.25) is 4.79 Å². The van der Waals surface area contributed by atoms with E-state index in [0.29, 0.717) is 24.6 Å². The van der Waals surface area contributed by atoms with Crippen molar-refractivity contribution >= 4 is 17.7 Å². The minimum Gasteiger partial charge on any atom is -0.379 e. The quantitative estimate of drug-likeness (QED) is 0.774. The summed E-state index contributed by atoms with van der Waals surface area (Å²) < 4.78 is 0. The molecule has 5 heteroatoms. The van der Waals surface area contributed by atoms with E-state index in [1.54, 1.807) is 11.8 Å². The van der Waals surface area contributed by atoms with Gasteiger partial charge in [-0.25, -0.2) is 0 Å². The molecule has 0 spiro atoms. The molecule has 1 amide bonds. The van der Waals surface area contributed by atoms with Crippen molar-refractivity contribution in [3.63, 3.8) is 0 Å². The zero-order valence-corrected chi connectivity index (χ0v) is 12.0. The first-order valence-corrected chi connectivity index (χ1v) is 8.06. The van der Waals surface area contributed by atoms with Crippen LogP contribution in [0.15, 0.2) is 0 Å². The van der Waals surface area contributed by atoms with Gasteiger partial charge in [0.1, 0.15) is 0 Å². The molecule has 2 saturated heterocycles. The van der Waals surface area contributed by atoms with Gasteiger partial charge in [0.2, 0.25) is 0 Å². The molecule has 0 aliphatic carbocycles. The van der Waals surface area contributed by atoms with Crippen LogP contribution in [0.5, 0.6) is 0 Å². The van der Waals surface area contributed by atoms with Crippen LogP contribution in [-0.4, -0.2) is 59.2 Å². The Morgan fingerprint density at radius 3 is 2.83 bits per heavy atom. The van der Waals surface area contributed by atoms with Crippen molar-refractivity contribution in [1.82, 2.24) is 10.2 Å². The molecule has 0 saturated carbocycles. The third-order valence-electron chi connectivity index (χ3n) is 3.80. The van der Waals surface area contributed by atoms with Gasteiger partial charge in [0.15, 0.2) is 5.60 Å². The SMILES string of the molecule is CC(CNC(=O)C1(O)CCSC1)CN1CCCC1. The Bertz CT molecular complexity index is 287. The smallest absolute Gasteiger partial charge is 0.252 e. The maximum absolute atomic E-state index is 11.9. The number of aliphatic hydroxyl groups is 1. The van der Waals surface area contributed by atoms with Gasteiger partial charge in [0, 0.05) is 18.8 Å². The Balaban J connectivity index is 1.68. The lowest BCUT2D eigenvalue weighted by molar-refractivity contribution is -0.137. The molecule has 4 nitrogen and oxygen atoms in total. The molecule has 0 bridgehead atoms. The zero-order valence-electron chi connectivity index (χ0n) is 11.2. The second-order valence-corrected chi connectivity index (χ2v) is 6.76. The minimum absolute atomic E-state index is 0.180.